The number of hydrogen-bond donors (Lipinski definition) is 1. The van der Waals surface area contributed by atoms with Gasteiger partial charge in [-0.3, -0.25) is 9.78 Å². The Morgan fingerprint density at radius 2 is 2.15 bits per heavy atom. The molecule has 0 unspecified atom stereocenters. The number of anilines is 1. The molecule has 0 saturated heterocycles. The van der Waals surface area contributed by atoms with Crippen molar-refractivity contribution in [1.82, 2.24) is 9.97 Å². The quantitative estimate of drug-likeness (QED) is 0.781. The molecule has 0 aromatic carbocycles. The Hall–Kier alpha value is -2.28. The van der Waals surface area contributed by atoms with Gasteiger partial charge in [0, 0.05) is 17.3 Å². The van der Waals surface area contributed by atoms with E-state index in [1.165, 1.54) is 41.9 Å². The Balaban J connectivity index is 1.93. The summed E-state index contributed by atoms with van der Waals surface area (Å²) in [7, 11) is 1.37. The van der Waals surface area contributed by atoms with Crippen molar-refractivity contribution >= 4 is 28.2 Å². The average molecular weight is 388 g/mol. The van der Waals surface area contributed by atoms with E-state index in [-0.39, 0.29) is 17.0 Å². The monoisotopic (exact) mass is 387 g/mol. The highest BCUT2D eigenvalue weighted by atomic mass is 32.1. The Kier molecular flexibility index (Phi) is 5.60. The van der Waals surface area contributed by atoms with Crippen molar-refractivity contribution in [2.75, 3.05) is 12.4 Å². The third-order valence-corrected chi connectivity index (χ3v) is 6.86. The molecule has 2 aromatic heterocycles. The molecule has 0 saturated carbocycles. The van der Waals surface area contributed by atoms with Crippen molar-refractivity contribution in [3.63, 3.8) is 0 Å². The number of aromatic nitrogens is 2. The minimum atomic E-state index is -0.407. The summed E-state index contributed by atoms with van der Waals surface area (Å²) in [5.41, 5.74) is 1.97. The summed E-state index contributed by atoms with van der Waals surface area (Å²) in [6, 6.07) is 0. The molecule has 0 bridgehead atoms. The molecule has 0 aliphatic heterocycles. The number of hydrogen-bond acceptors (Lipinski definition) is 6. The number of ether oxygens (including phenoxy) is 1. The zero-order chi connectivity index (χ0) is 19.6. The number of carbonyl (C=O) groups is 2. The molecule has 2 aromatic rings. The van der Waals surface area contributed by atoms with Gasteiger partial charge in [0.05, 0.1) is 18.9 Å². The van der Waals surface area contributed by atoms with E-state index < -0.39 is 5.97 Å². The number of rotatable bonds is 5. The lowest BCUT2D eigenvalue weighted by atomic mass is 9.69. The molecule has 2 heterocycles. The van der Waals surface area contributed by atoms with Crippen LogP contribution < -0.4 is 5.32 Å². The fourth-order valence-corrected chi connectivity index (χ4v) is 4.84. The van der Waals surface area contributed by atoms with Gasteiger partial charge in [0.25, 0.3) is 5.91 Å². The summed E-state index contributed by atoms with van der Waals surface area (Å²) in [5.74, 6) is -0.227. The Bertz CT molecular complexity index is 846. The first-order chi connectivity index (χ1) is 12.9. The Labute approximate surface area is 163 Å². The highest BCUT2D eigenvalue weighted by Crippen LogP contribution is 2.45. The van der Waals surface area contributed by atoms with Gasteiger partial charge in [-0.25, -0.2) is 9.78 Å². The summed E-state index contributed by atoms with van der Waals surface area (Å²) < 4.78 is 4.99. The number of carbonyl (C=O) groups excluding carboxylic acids is 2. The van der Waals surface area contributed by atoms with E-state index in [0.717, 1.165) is 31.2 Å². The van der Waals surface area contributed by atoms with Crippen molar-refractivity contribution in [3.8, 4) is 0 Å². The van der Waals surface area contributed by atoms with E-state index in [0.29, 0.717) is 16.5 Å². The predicted molar refractivity (Wildman–Crippen MR) is 105 cm³/mol. The first kappa shape index (κ1) is 19.5. The lowest BCUT2D eigenvalue weighted by Gasteiger charge is -2.36. The zero-order valence-electron chi connectivity index (χ0n) is 16.2. The standard InChI is InChI=1S/C20H25N3O3S/c1-5-20(2,3)12-6-7-13-15(10-12)27-18(16(13)19(25)26-4)23-17(24)14-11-21-8-9-22-14/h8-9,11-12H,5-7,10H2,1-4H3,(H,23,24)/t12-/m1/s1. The molecule has 1 aliphatic rings. The molecule has 6 nitrogen and oxygen atoms in total. The van der Waals surface area contributed by atoms with E-state index >= 15 is 0 Å². The van der Waals surface area contributed by atoms with Gasteiger partial charge in [0.2, 0.25) is 0 Å². The van der Waals surface area contributed by atoms with Crippen molar-refractivity contribution in [3.05, 3.63) is 40.3 Å². The van der Waals surface area contributed by atoms with Crippen LogP contribution >= 0.6 is 11.3 Å². The van der Waals surface area contributed by atoms with Gasteiger partial charge in [-0.2, -0.15) is 0 Å². The second-order valence-electron chi connectivity index (χ2n) is 7.53. The maximum absolute atomic E-state index is 12.5. The summed E-state index contributed by atoms with van der Waals surface area (Å²) in [4.78, 5) is 34.0. The minimum Gasteiger partial charge on any atom is -0.465 e. The molecular weight excluding hydrogens is 362 g/mol. The van der Waals surface area contributed by atoms with Crippen LogP contribution in [0, 0.1) is 11.3 Å². The largest absolute Gasteiger partial charge is 0.465 e. The zero-order valence-corrected chi connectivity index (χ0v) is 17.0. The van der Waals surface area contributed by atoms with Gasteiger partial charge in [0.15, 0.2) is 0 Å². The van der Waals surface area contributed by atoms with Crippen LogP contribution in [0.1, 0.15) is 64.9 Å². The molecule has 144 valence electrons. The number of nitrogens with zero attached hydrogens (tertiary/aromatic N) is 2. The smallest absolute Gasteiger partial charge is 0.341 e. The average Bonchev–Trinajstić information content (AvgIpc) is 3.04. The fraction of sp³-hybridized carbons (Fsp3) is 0.500. The van der Waals surface area contributed by atoms with Gasteiger partial charge in [-0.15, -0.1) is 11.3 Å². The maximum atomic E-state index is 12.5. The van der Waals surface area contributed by atoms with Crippen LogP contribution in [-0.4, -0.2) is 29.0 Å². The normalized spacial score (nSPS) is 16.5. The van der Waals surface area contributed by atoms with E-state index in [4.69, 9.17) is 4.74 Å². The van der Waals surface area contributed by atoms with E-state index in [1.807, 2.05) is 0 Å². The van der Waals surface area contributed by atoms with Crippen LogP contribution in [0.5, 0.6) is 0 Å². The van der Waals surface area contributed by atoms with Crippen LogP contribution in [0.15, 0.2) is 18.6 Å². The molecule has 1 amide bonds. The summed E-state index contributed by atoms with van der Waals surface area (Å²) in [6.45, 7) is 6.82. The summed E-state index contributed by atoms with van der Waals surface area (Å²) in [5, 5.41) is 3.38. The van der Waals surface area contributed by atoms with E-state index in [2.05, 4.69) is 36.1 Å². The topological polar surface area (TPSA) is 81.2 Å². The molecule has 27 heavy (non-hydrogen) atoms. The van der Waals surface area contributed by atoms with Crippen LogP contribution in [0.3, 0.4) is 0 Å². The van der Waals surface area contributed by atoms with Crippen LogP contribution in [0.4, 0.5) is 5.00 Å². The summed E-state index contributed by atoms with van der Waals surface area (Å²) in [6.07, 6.45) is 8.27. The maximum Gasteiger partial charge on any atom is 0.341 e. The molecule has 1 aliphatic carbocycles. The second-order valence-corrected chi connectivity index (χ2v) is 8.63. The van der Waals surface area contributed by atoms with Crippen LogP contribution in [0.25, 0.3) is 0 Å². The van der Waals surface area contributed by atoms with Crippen molar-refractivity contribution in [2.45, 2.75) is 46.5 Å². The van der Waals surface area contributed by atoms with Gasteiger partial charge >= 0.3 is 5.97 Å². The third kappa shape index (κ3) is 3.88. The summed E-state index contributed by atoms with van der Waals surface area (Å²) >= 11 is 1.48. The molecule has 1 atom stereocenters. The van der Waals surface area contributed by atoms with E-state index in [9.17, 15) is 9.59 Å². The number of thiophene rings is 1. The number of fused-ring (bicyclic) bond motifs is 1. The minimum absolute atomic E-state index is 0.213. The highest BCUT2D eigenvalue weighted by Gasteiger charge is 2.35. The molecular formula is C20H25N3O3S. The lowest BCUT2D eigenvalue weighted by molar-refractivity contribution is 0.0600. The predicted octanol–water partition coefficient (Wildman–Crippen LogP) is 4.12. The van der Waals surface area contributed by atoms with Crippen LogP contribution in [0.2, 0.25) is 0 Å². The van der Waals surface area contributed by atoms with Crippen molar-refractivity contribution < 1.29 is 14.3 Å². The molecule has 0 radical (unpaired) electrons. The molecule has 0 spiro atoms. The van der Waals surface area contributed by atoms with Gasteiger partial charge in [-0.1, -0.05) is 27.2 Å². The van der Waals surface area contributed by atoms with Gasteiger partial charge < -0.3 is 10.1 Å². The highest BCUT2D eigenvalue weighted by molar-refractivity contribution is 7.17. The first-order valence-corrected chi connectivity index (χ1v) is 9.99. The van der Waals surface area contributed by atoms with E-state index in [1.54, 1.807) is 0 Å². The van der Waals surface area contributed by atoms with Gasteiger partial charge in [0.1, 0.15) is 10.7 Å². The molecule has 3 rings (SSSR count). The number of amides is 1. The Morgan fingerprint density at radius 3 is 2.78 bits per heavy atom. The van der Waals surface area contributed by atoms with Crippen molar-refractivity contribution in [1.29, 1.82) is 0 Å². The number of methoxy groups -OCH3 is 1. The third-order valence-electron chi connectivity index (χ3n) is 5.69. The SMILES string of the molecule is CCC(C)(C)[C@@H]1CCc2c(sc(NC(=O)c3cnccn3)c2C(=O)OC)C1. The Morgan fingerprint density at radius 1 is 1.37 bits per heavy atom. The second kappa shape index (κ2) is 7.76. The van der Waals surface area contributed by atoms with Crippen LogP contribution in [-0.2, 0) is 17.6 Å². The number of esters is 1. The van der Waals surface area contributed by atoms with Crippen molar-refractivity contribution in [2.24, 2.45) is 11.3 Å². The van der Waals surface area contributed by atoms with Gasteiger partial charge in [-0.05, 0) is 36.2 Å². The molecule has 0 fully saturated rings. The fourth-order valence-electron chi connectivity index (χ4n) is 3.53. The number of nitrogens with one attached hydrogen (secondary N) is 1. The molecule has 7 heteroatoms. The molecule has 1 N–H and O–H groups in total. The first-order valence-electron chi connectivity index (χ1n) is 9.17. The lowest BCUT2D eigenvalue weighted by Crippen LogP contribution is -2.28.